The molecule has 1 N–H and O–H groups in total. The summed E-state index contributed by atoms with van der Waals surface area (Å²) in [6.07, 6.45) is 10.9. The maximum Gasteiger partial charge on any atom is 0.272 e. The summed E-state index contributed by atoms with van der Waals surface area (Å²) in [5, 5.41) is 12.1. The molecule has 34 heavy (non-hydrogen) atoms. The Morgan fingerprint density at radius 2 is 1.97 bits per heavy atom. The summed E-state index contributed by atoms with van der Waals surface area (Å²) in [6.45, 7) is 4.91. The standard InChI is InChI=1S/C25H28N8O/c1-17-16-33-23(27-24(17)31-10-4-5-11-31)14-20(30-33)22-8-2-3-12-32(22)25(34)21-13-19(28-29-21)18-7-6-9-26-15-18/h6-7,9,13-16,22H,2-5,8,10-12H2,1H3,(H,28,29)/t22-/m0/s1. The number of H-pyrrole nitrogens is 1. The number of likely N-dealkylation sites (tertiary alicyclic amines) is 1. The molecule has 2 aliphatic rings. The number of piperidine rings is 1. The number of nitrogens with zero attached hydrogens (tertiary/aromatic N) is 7. The molecule has 9 heteroatoms. The van der Waals surface area contributed by atoms with Gasteiger partial charge in [0.1, 0.15) is 11.5 Å². The zero-order chi connectivity index (χ0) is 23.1. The fourth-order valence-electron chi connectivity index (χ4n) is 5.16. The lowest BCUT2D eigenvalue weighted by molar-refractivity contribution is 0.0599. The van der Waals surface area contributed by atoms with Crippen molar-refractivity contribution in [2.24, 2.45) is 0 Å². The third kappa shape index (κ3) is 3.70. The molecule has 0 aliphatic carbocycles. The second kappa shape index (κ2) is 8.55. The molecule has 0 saturated carbocycles. The number of aromatic amines is 1. The van der Waals surface area contributed by atoms with Gasteiger partial charge in [-0.05, 0) is 57.2 Å². The Bertz CT molecular complexity index is 1320. The van der Waals surface area contributed by atoms with Gasteiger partial charge in [-0.3, -0.25) is 14.9 Å². The molecule has 4 aromatic heterocycles. The molecule has 1 amide bonds. The minimum absolute atomic E-state index is 0.0497. The van der Waals surface area contributed by atoms with Gasteiger partial charge in [-0.15, -0.1) is 0 Å². The van der Waals surface area contributed by atoms with E-state index < -0.39 is 0 Å². The first-order valence-electron chi connectivity index (χ1n) is 12.1. The molecule has 1 atom stereocenters. The smallest absolute Gasteiger partial charge is 0.272 e. The molecule has 2 saturated heterocycles. The second-order valence-electron chi connectivity index (χ2n) is 9.23. The van der Waals surface area contributed by atoms with Crippen molar-refractivity contribution in [3.8, 4) is 11.3 Å². The van der Waals surface area contributed by atoms with E-state index in [1.807, 2.05) is 33.7 Å². The molecule has 9 nitrogen and oxygen atoms in total. The van der Waals surface area contributed by atoms with Gasteiger partial charge in [-0.2, -0.15) is 10.2 Å². The predicted molar refractivity (Wildman–Crippen MR) is 129 cm³/mol. The lowest BCUT2D eigenvalue weighted by atomic mass is 9.99. The number of carbonyl (C=O) groups is 1. The van der Waals surface area contributed by atoms with E-state index in [-0.39, 0.29) is 11.9 Å². The third-order valence-corrected chi connectivity index (χ3v) is 6.90. The van der Waals surface area contributed by atoms with Gasteiger partial charge in [0.25, 0.3) is 5.91 Å². The Morgan fingerprint density at radius 3 is 2.79 bits per heavy atom. The number of fused-ring (bicyclic) bond motifs is 1. The Kier molecular flexibility index (Phi) is 5.24. The van der Waals surface area contributed by atoms with Crippen LogP contribution in [0.4, 0.5) is 5.82 Å². The van der Waals surface area contributed by atoms with Crippen molar-refractivity contribution >= 4 is 17.4 Å². The van der Waals surface area contributed by atoms with Crippen LogP contribution in [0.15, 0.2) is 42.9 Å². The number of amides is 1. The second-order valence-corrected chi connectivity index (χ2v) is 9.23. The third-order valence-electron chi connectivity index (χ3n) is 6.90. The van der Waals surface area contributed by atoms with Crippen molar-refractivity contribution in [2.75, 3.05) is 24.5 Å². The van der Waals surface area contributed by atoms with Crippen molar-refractivity contribution in [1.29, 1.82) is 0 Å². The largest absolute Gasteiger partial charge is 0.356 e. The number of aromatic nitrogens is 6. The summed E-state index contributed by atoms with van der Waals surface area (Å²) in [7, 11) is 0. The molecule has 0 unspecified atom stereocenters. The number of hydrogen-bond donors (Lipinski definition) is 1. The summed E-state index contributed by atoms with van der Waals surface area (Å²) in [5.74, 6) is 1.000. The highest BCUT2D eigenvalue weighted by atomic mass is 16.2. The zero-order valence-electron chi connectivity index (χ0n) is 19.3. The number of carbonyl (C=O) groups excluding carboxylic acids is 1. The molecule has 0 spiro atoms. The summed E-state index contributed by atoms with van der Waals surface area (Å²) in [5.41, 5.74) is 4.93. The topological polar surface area (TPSA) is 95.3 Å². The lowest BCUT2D eigenvalue weighted by Crippen LogP contribution is -2.38. The van der Waals surface area contributed by atoms with Crippen molar-refractivity contribution in [3.63, 3.8) is 0 Å². The summed E-state index contributed by atoms with van der Waals surface area (Å²) in [6, 6.07) is 7.57. The van der Waals surface area contributed by atoms with Crippen molar-refractivity contribution in [3.05, 3.63) is 59.8 Å². The number of aryl methyl sites for hydroxylation is 1. The van der Waals surface area contributed by atoms with E-state index in [4.69, 9.17) is 10.1 Å². The average Bonchev–Trinajstić information content (AvgIpc) is 3.64. The first-order chi connectivity index (χ1) is 16.7. The SMILES string of the molecule is Cc1cn2nc([C@@H]3CCCCN3C(=O)c3cc(-c4cccnc4)n[nH]3)cc2nc1N1CCCC1. The lowest BCUT2D eigenvalue weighted by Gasteiger charge is -2.34. The number of rotatable bonds is 4. The van der Waals surface area contributed by atoms with Crippen LogP contribution in [0.2, 0.25) is 0 Å². The Balaban J connectivity index is 1.29. The van der Waals surface area contributed by atoms with E-state index >= 15 is 0 Å². The summed E-state index contributed by atoms with van der Waals surface area (Å²) >= 11 is 0. The maximum atomic E-state index is 13.5. The van der Waals surface area contributed by atoms with Crippen molar-refractivity contribution in [2.45, 2.75) is 45.1 Å². The summed E-state index contributed by atoms with van der Waals surface area (Å²) < 4.78 is 1.86. The van der Waals surface area contributed by atoms with Gasteiger partial charge in [-0.1, -0.05) is 0 Å². The highest BCUT2D eigenvalue weighted by Crippen LogP contribution is 2.33. The highest BCUT2D eigenvalue weighted by molar-refractivity contribution is 5.93. The van der Waals surface area contributed by atoms with E-state index in [1.165, 1.54) is 12.8 Å². The van der Waals surface area contributed by atoms with E-state index in [0.29, 0.717) is 17.9 Å². The van der Waals surface area contributed by atoms with E-state index in [2.05, 4.69) is 33.2 Å². The minimum atomic E-state index is -0.0800. The quantitative estimate of drug-likeness (QED) is 0.502. The van der Waals surface area contributed by atoms with Gasteiger partial charge < -0.3 is 9.80 Å². The molecule has 2 fully saturated rings. The van der Waals surface area contributed by atoms with Crippen LogP contribution in [-0.2, 0) is 0 Å². The molecule has 6 rings (SSSR count). The molecule has 6 heterocycles. The molecule has 4 aromatic rings. The predicted octanol–water partition coefficient (Wildman–Crippen LogP) is 3.79. The molecule has 0 bridgehead atoms. The normalized spacial score (nSPS) is 18.7. The van der Waals surface area contributed by atoms with Gasteiger partial charge in [0, 0.05) is 55.4 Å². The van der Waals surface area contributed by atoms with E-state index in [9.17, 15) is 4.79 Å². The molecular formula is C25H28N8O. The van der Waals surface area contributed by atoms with Crippen LogP contribution in [0.1, 0.15) is 59.9 Å². The van der Waals surface area contributed by atoms with Crippen LogP contribution < -0.4 is 4.90 Å². The Labute approximate surface area is 197 Å². The Hall–Kier alpha value is -3.75. The van der Waals surface area contributed by atoms with Gasteiger partial charge in [-0.25, -0.2) is 9.50 Å². The molecule has 2 aliphatic heterocycles. The molecule has 0 radical (unpaired) electrons. The van der Waals surface area contributed by atoms with Crippen molar-refractivity contribution in [1.82, 2.24) is 34.7 Å². The fourth-order valence-corrected chi connectivity index (χ4v) is 5.16. The Morgan fingerprint density at radius 1 is 1.12 bits per heavy atom. The number of pyridine rings is 1. The first kappa shape index (κ1) is 20.8. The maximum absolute atomic E-state index is 13.5. The van der Waals surface area contributed by atoms with Crippen molar-refractivity contribution < 1.29 is 4.79 Å². The average molecular weight is 457 g/mol. The number of nitrogens with one attached hydrogen (secondary N) is 1. The van der Waals surface area contributed by atoms with Gasteiger partial charge in [0.2, 0.25) is 0 Å². The van der Waals surface area contributed by atoms with Crippen LogP contribution in [0.5, 0.6) is 0 Å². The molecule has 174 valence electrons. The molecule has 0 aromatic carbocycles. The van der Waals surface area contributed by atoms with E-state index in [0.717, 1.165) is 60.6 Å². The van der Waals surface area contributed by atoms with E-state index in [1.54, 1.807) is 12.4 Å². The summed E-state index contributed by atoms with van der Waals surface area (Å²) in [4.78, 5) is 26.9. The van der Waals surface area contributed by atoms with Crippen LogP contribution in [0, 0.1) is 6.92 Å². The monoisotopic (exact) mass is 456 g/mol. The fraction of sp³-hybridized carbons (Fsp3) is 0.400. The van der Waals surface area contributed by atoms with Crippen LogP contribution in [0.25, 0.3) is 16.9 Å². The number of anilines is 1. The highest BCUT2D eigenvalue weighted by Gasteiger charge is 2.32. The van der Waals surface area contributed by atoms with Gasteiger partial charge >= 0.3 is 0 Å². The minimum Gasteiger partial charge on any atom is -0.356 e. The van der Waals surface area contributed by atoms with Gasteiger partial charge in [0.15, 0.2) is 5.65 Å². The van der Waals surface area contributed by atoms with Crippen LogP contribution in [-0.4, -0.2) is 60.2 Å². The number of hydrogen-bond acceptors (Lipinski definition) is 6. The van der Waals surface area contributed by atoms with Crippen LogP contribution in [0.3, 0.4) is 0 Å². The first-order valence-corrected chi connectivity index (χ1v) is 12.1. The molecular weight excluding hydrogens is 428 g/mol. The zero-order valence-corrected chi connectivity index (χ0v) is 19.3. The van der Waals surface area contributed by atoms with Crippen LogP contribution >= 0.6 is 0 Å². The van der Waals surface area contributed by atoms with Gasteiger partial charge in [0.05, 0.1) is 17.4 Å².